The number of hydrogen-bond acceptors (Lipinski definition) is 4. The number of rotatable bonds is 5. The van der Waals surface area contributed by atoms with Crippen LogP contribution in [0.4, 0.5) is 0 Å². The van der Waals surface area contributed by atoms with Crippen molar-refractivity contribution in [2.45, 2.75) is 19.4 Å². The van der Waals surface area contributed by atoms with Crippen molar-refractivity contribution in [3.8, 4) is 0 Å². The Bertz CT molecular complexity index is 246. The minimum Gasteiger partial charge on any atom is -0.315 e. The van der Waals surface area contributed by atoms with Crippen molar-refractivity contribution in [3.63, 3.8) is 0 Å². The zero-order chi connectivity index (χ0) is 9.78. The van der Waals surface area contributed by atoms with E-state index in [1.807, 2.05) is 0 Å². The van der Waals surface area contributed by atoms with E-state index in [1.165, 1.54) is 6.92 Å². The van der Waals surface area contributed by atoms with Crippen LogP contribution in [0.25, 0.3) is 0 Å². The average Bonchev–Trinajstić information content (AvgIpc) is 1.82. The molecule has 72 valence electrons. The highest BCUT2D eigenvalue weighted by molar-refractivity contribution is 7.85. The second kappa shape index (κ2) is 4.54. The first-order valence-electron chi connectivity index (χ1n) is 3.47. The molecule has 0 amide bonds. The van der Waals surface area contributed by atoms with E-state index in [4.69, 9.17) is 4.55 Å². The van der Waals surface area contributed by atoms with Gasteiger partial charge in [0.2, 0.25) is 0 Å². The van der Waals surface area contributed by atoms with Gasteiger partial charge >= 0.3 is 0 Å². The van der Waals surface area contributed by atoms with Crippen LogP contribution in [0.1, 0.15) is 13.3 Å². The van der Waals surface area contributed by atoms with Crippen molar-refractivity contribution in [1.29, 1.82) is 0 Å². The van der Waals surface area contributed by atoms with Crippen molar-refractivity contribution < 1.29 is 17.8 Å². The van der Waals surface area contributed by atoms with E-state index in [0.29, 0.717) is 0 Å². The van der Waals surface area contributed by atoms with Gasteiger partial charge in [-0.2, -0.15) is 8.42 Å². The normalized spacial score (nSPS) is 14.2. The predicted octanol–water partition coefficient (Wildman–Crippen LogP) is -0.559. The number of hydrogen-bond donors (Lipinski definition) is 2. The molecule has 0 bridgehead atoms. The lowest BCUT2D eigenvalue weighted by atomic mass is 10.2. The molecule has 1 atom stereocenters. The molecule has 0 aromatic rings. The molecule has 0 heterocycles. The summed E-state index contributed by atoms with van der Waals surface area (Å²) in [5.74, 6) is -0.540. The Hall–Kier alpha value is -0.460. The number of ketones is 1. The van der Waals surface area contributed by atoms with Crippen LogP contribution in [0.3, 0.4) is 0 Å². The predicted molar refractivity (Wildman–Crippen MR) is 44.6 cm³/mol. The van der Waals surface area contributed by atoms with E-state index in [0.717, 1.165) is 0 Å². The molecule has 1 unspecified atom stereocenters. The Morgan fingerprint density at radius 1 is 1.58 bits per heavy atom. The molecule has 0 fully saturated rings. The fraction of sp³-hybridized carbons (Fsp3) is 0.833. The van der Waals surface area contributed by atoms with Gasteiger partial charge in [0.1, 0.15) is 5.78 Å². The number of carbonyl (C=O) groups is 1. The van der Waals surface area contributed by atoms with Gasteiger partial charge in [0.05, 0.1) is 5.75 Å². The van der Waals surface area contributed by atoms with Crippen LogP contribution in [-0.4, -0.2) is 37.6 Å². The Balaban J connectivity index is 4.10. The molecular weight excluding hydrogens is 182 g/mol. The third-order valence-electron chi connectivity index (χ3n) is 1.35. The van der Waals surface area contributed by atoms with Crippen LogP contribution in [0.2, 0.25) is 0 Å². The molecular formula is C6H13NO4S. The highest BCUT2D eigenvalue weighted by Gasteiger charge is 2.16. The molecule has 5 nitrogen and oxygen atoms in total. The average molecular weight is 195 g/mol. The van der Waals surface area contributed by atoms with Crippen LogP contribution >= 0.6 is 0 Å². The second-order valence-corrected chi connectivity index (χ2v) is 4.14. The lowest BCUT2D eigenvalue weighted by molar-refractivity contribution is -0.117. The van der Waals surface area contributed by atoms with Gasteiger partial charge in [0, 0.05) is 12.5 Å². The van der Waals surface area contributed by atoms with Gasteiger partial charge in [-0.25, -0.2) is 0 Å². The summed E-state index contributed by atoms with van der Waals surface area (Å²) in [5, 5.41) is 2.63. The third kappa shape index (κ3) is 6.26. The Morgan fingerprint density at radius 2 is 2.08 bits per heavy atom. The van der Waals surface area contributed by atoms with Crippen molar-refractivity contribution >= 4 is 15.9 Å². The van der Waals surface area contributed by atoms with E-state index in [-0.39, 0.29) is 12.2 Å². The third-order valence-corrected chi connectivity index (χ3v) is 2.18. The summed E-state index contributed by atoms with van der Waals surface area (Å²) in [6.07, 6.45) is 0.107. The molecule has 0 radical (unpaired) electrons. The fourth-order valence-corrected chi connectivity index (χ4v) is 1.64. The Kier molecular flexibility index (Phi) is 4.36. The molecule has 12 heavy (non-hydrogen) atoms. The molecule has 0 aliphatic heterocycles. The fourth-order valence-electron chi connectivity index (χ4n) is 0.846. The van der Waals surface area contributed by atoms with E-state index in [1.54, 1.807) is 7.05 Å². The zero-order valence-electron chi connectivity index (χ0n) is 7.07. The Labute approximate surface area is 71.9 Å². The maximum atomic E-state index is 10.6. The van der Waals surface area contributed by atoms with Crippen LogP contribution in [-0.2, 0) is 14.9 Å². The zero-order valence-corrected chi connectivity index (χ0v) is 7.89. The van der Waals surface area contributed by atoms with Crippen LogP contribution in [0.5, 0.6) is 0 Å². The number of Topliss-reactive ketones (excluding diaryl/α,β-unsaturated/α-hetero) is 1. The summed E-state index contributed by atoms with van der Waals surface area (Å²) in [4.78, 5) is 10.6. The summed E-state index contributed by atoms with van der Waals surface area (Å²) in [5.41, 5.74) is 0. The van der Waals surface area contributed by atoms with Gasteiger partial charge in [0.15, 0.2) is 0 Å². The van der Waals surface area contributed by atoms with E-state index in [2.05, 4.69) is 5.32 Å². The van der Waals surface area contributed by atoms with Crippen molar-refractivity contribution in [3.05, 3.63) is 0 Å². The van der Waals surface area contributed by atoms with Crippen molar-refractivity contribution in [1.82, 2.24) is 5.32 Å². The van der Waals surface area contributed by atoms with Gasteiger partial charge in [-0.05, 0) is 14.0 Å². The monoisotopic (exact) mass is 195 g/mol. The van der Waals surface area contributed by atoms with E-state index >= 15 is 0 Å². The first-order chi connectivity index (χ1) is 5.35. The summed E-state index contributed by atoms with van der Waals surface area (Å²) >= 11 is 0. The first kappa shape index (κ1) is 11.5. The van der Waals surface area contributed by atoms with Gasteiger partial charge < -0.3 is 5.32 Å². The molecule has 6 heteroatoms. The lowest BCUT2D eigenvalue weighted by Gasteiger charge is -2.11. The van der Waals surface area contributed by atoms with Crippen molar-refractivity contribution in [2.75, 3.05) is 12.8 Å². The summed E-state index contributed by atoms with van der Waals surface area (Å²) in [6, 6.07) is -0.502. The molecule has 0 aliphatic rings. The van der Waals surface area contributed by atoms with Crippen molar-refractivity contribution in [2.24, 2.45) is 0 Å². The SMILES string of the molecule is CNC(CC(C)=O)CS(=O)(=O)O. The number of carbonyl (C=O) groups excluding carboxylic acids is 1. The smallest absolute Gasteiger partial charge is 0.266 e. The minimum atomic E-state index is -4.00. The topological polar surface area (TPSA) is 83.5 Å². The van der Waals surface area contributed by atoms with E-state index < -0.39 is 21.9 Å². The van der Waals surface area contributed by atoms with E-state index in [9.17, 15) is 13.2 Å². The molecule has 0 aromatic carbocycles. The summed E-state index contributed by atoms with van der Waals surface area (Å²) < 4.78 is 29.2. The van der Waals surface area contributed by atoms with Gasteiger partial charge in [-0.15, -0.1) is 0 Å². The molecule has 0 saturated carbocycles. The van der Waals surface area contributed by atoms with Gasteiger partial charge in [-0.1, -0.05) is 0 Å². The number of nitrogens with one attached hydrogen (secondary N) is 1. The maximum absolute atomic E-state index is 10.6. The van der Waals surface area contributed by atoms with Gasteiger partial charge in [-0.3, -0.25) is 9.35 Å². The van der Waals surface area contributed by atoms with Gasteiger partial charge in [0.25, 0.3) is 10.1 Å². The summed E-state index contributed by atoms with van der Waals surface area (Å²) in [6.45, 7) is 1.37. The molecule has 0 saturated heterocycles. The molecule has 0 aliphatic carbocycles. The molecule has 0 rings (SSSR count). The van der Waals surface area contributed by atoms with Crippen LogP contribution < -0.4 is 5.32 Å². The van der Waals surface area contributed by atoms with Crippen LogP contribution in [0.15, 0.2) is 0 Å². The molecule has 0 aromatic heterocycles. The highest BCUT2D eigenvalue weighted by atomic mass is 32.2. The minimum absolute atomic E-state index is 0.107. The Morgan fingerprint density at radius 3 is 2.33 bits per heavy atom. The lowest BCUT2D eigenvalue weighted by Crippen LogP contribution is -2.34. The quantitative estimate of drug-likeness (QED) is 0.575. The maximum Gasteiger partial charge on any atom is 0.266 e. The molecule has 2 N–H and O–H groups in total. The molecule has 0 spiro atoms. The first-order valence-corrected chi connectivity index (χ1v) is 5.08. The van der Waals surface area contributed by atoms with Crippen LogP contribution in [0, 0.1) is 0 Å². The largest absolute Gasteiger partial charge is 0.315 e. The highest BCUT2D eigenvalue weighted by Crippen LogP contribution is 1.96. The standard InChI is InChI=1S/C6H13NO4S/c1-5(8)3-6(7-2)4-12(9,10)11/h6-7H,3-4H2,1-2H3,(H,9,10,11). The second-order valence-electron chi connectivity index (χ2n) is 2.64. The summed E-state index contributed by atoms with van der Waals surface area (Å²) in [7, 11) is -2.46.